The fraction of sp³-hybridized carbons (Fsp3) is 0.0833. The number of hydrogen-bond donors (Lipinski definition) is 0. The largest absolute Gasteiger partial charge is 0.426 e. The third kappa shape index (κ3) is 4.90. The number of rotatable bonds is 7. The molecular weight excluding hydrogens is 410 g/mol. The monoisotopic (exact) mass is 429 g/mol. The van der Waals surface area contributed by atoms with E-state index in [9.17, 15) is 9.59 Å². The molecule has 4 aromatic rings. The summed E-state index contributed by atoms with van der Waals surface area (Å²) in [6.07, 6.45) is 0. The molecule has 0 unspecified atom stereocenters. The van der Waals surface area contributed by atoms with E-state index in [-0.39, 0.29) is 11.5 Å². The van der Waals surface area contributed by atoms with E-state index in [2.05, 4.69) is 10.2 Å². The molecule has 0 aliphatic heterocycles. The molecule has 0 saturated heterocycles. The predicted octanol–water partition coefficient (Wildman–Crippen LogP) is 4.83. The number of ether oxygens (including phenoxy) is 1. The maximum absolute atomic E-state index is 12.4. The summed E-state index contributed by atoms with van der Waals surface area (Å²) in [5.41, 5.74) is 2.40. The minimum absolute atomic E-state index is 0.0390. The SMILES string of the molecule is CC(=O)c1ccc(OC(=O)CSc2nnc(-c3ccccc3)n2-c2ccccc2)cc1. The molecule has 0 bridgehead atoms. The van der Waals surface area contributed by atoms with E-state index in [1.165, 1.54) is 18.7 Å². The summed E-state index contributed by atoms with van der Waals surface area (Å²) < 4.78 is 7.30. The number of hydrogen-bond acceptors (Lipinski definition) is 6. The summed E-state index contributed by atoms with van der Waals surface area (Å²) in [5, 5.41) is 9.26. The number of thioether (sulfide) groups is 1. The zero-order chi connectivity index (χ0) is 21.6. The number of esters is 1. The van der Waals surface area contributed by atoms with Crippen LogP contribution in [-0.2, 0) is 4.79 Å². The molecule has 0 saturated carbocycles. The van der Waals surface area contributed by atoms with Crippen LogP contribution in [0.25, 0.3) is 17.1 Å². The number of Topliss-reactive ketones (excluding diaryl/α,β-unsaturated/α-hetero) is 1. The number of aromatic nitrogens is 3. The van der Waals surface area contributed by atoms with Crippen molar-refractivity contribution < 1.29 is 14.3 Å². The fourth-order valence-corrected chi connectivity index (χ4v) is 3.71. The van der Waals surface area contributed by atoms with E-state index in [4.69, 9.17) is 4.74 Å². The van der Waals surface area contributed by atoms with Gasteiger partial charge in [-0.15, -0.1) is 10.2 Å². The van der Waals surface area contributed by atoms with Crippen LogP contribution in [0.4, 0.5) is 0 Å². The molecule has 7 heteroatoms. The Hall–Kier alpha value is -3.71. The highest BCUT2D eigenvalue weighted by molar-refractivity contribution is 7.99. The Labute approximate surface area is 183 Å². The molecule has 4 rings (SSSR count). The highest BCUT2D eigenvalue weighted by Crippen LogP contribution is 2.28. The maximum atomic E-state index is 12.4. The van der Waals surface area contributed by atoms with E-state index < -0.39 is 5.97 Å². The Morgan fingerprint density at radius 2 is 1.52 bits per heavy atom. The normalized spacial score (nSPS) is 10.6. The van der Waals surface area contributed by atoms with E-state index >= 15 is 0 Å². The van der Waals surface area contributed by atoms with Crippen LogP contribution in [0.3, 0.4) is 0 Å². The van der Waals surface area contributed by atoms with Gasteiger partial charge < -0.3 is 4.74 Å². The second-order valence-corrected chi connectivity index (χ2v) is 7.63. The summed E-state index contributed by atoms with van der Waals surface area (Å²) in [6, 6.07) is 26.0. The van der Waals surface area contributed by atoms with Gasteiger partial charge in [0.15, 0.2) is 16.8 Å². The van der Waals surface area contributed by atoms with Crippen molar-refractivity contribution in [3.8, 4) is 22.8 Å². The van der Waals surface area contributed by atoms with Gasteiger partial charge in [-0.25, -0.2) is 0 Å². The average molecular weight is 430 g/mol. The van der Waals surface area contributed by atoms with Crippen LogP contribution in [0.15, 0.2) is 90.1 Å². The first-order valence-electron chi connectivity index (χ1n) is 9.62. The second kappa shape index (κ2) is 9.40. The van der Waals surface area contributed by atoms with Crippen molar-refractivity contribution >= 4 is 23.5 Å². The van der Waals surface area contributed by atoms with Gasteiger partial charge in [-0.05, 0) is 43.3 Å². The lowest BCUT2D eigenvalue weighted by molar-refractivity contribution is -0.131. The van der Waals surface area contributed by atoms with Gasteiger partial charge in [0.1, 0.15) is 5.75 Å². The zero-order valence-electron chi connectivity index (χ0n) is 16.8. The number of benzene rings is 3. The third-order valence-electron chi connectivity index (χ3n) is 4.49. The Morgan fingerprint density at radius 1 is 0.871 bits per heavy atom. The molecule has 6 nitrogen and oxygen atoms in total. The number of carbonyl (C=O) groups excluding carboxylic acids is 2. The smallest absolute Gasteiger partial charge is 0.321 e. The van der Waals surface area contributed by atoms with Crippen molar-refractivity contribution in [2.45, 2.75) is 12.1 Å². The van der Waals surface area contributed by atoms with Crippen LogP contribution in [0.2, 0.25) is 0 Å². The van der Waals surface area contributed by atoms with Crippen LogP contribution in [0, 0.1) is 0 Å². The van der Waals surface area contributed by atoms with Crippen molar-refractivity contribution in [2.24, 2.45) is 0 Å². The van der Waals surface area contributed by atoms with Crippen LogP contribution < -0.4 is 4.74 Å². The first-order valence-corrected chi connectivity index (χ1v) is 10.6. The van der Waals surface area contributed by atoms with E-state index in [0.717, 1.165) is 11.3 Å². The highest BCUT2D eigenvalue weighted by Gasteiger charge is 2.17. The molecule has 3 aromatic carbocycles. The van der Waals surface area contributed by atoms with Gasteiger partial charge in [0.25, 0.3) is 0 Å². The van der Waals surface area contributed by atoms with Gasteiger partial charge in [0.05, 0.1) is 5.75 Å². The van der Waals surface area contributed by atoms with Crippen LogP contribution in [0.1, 0.15) is 17.3 Å². The third-order valence-corrected chi connectivity index (χ3v) is 5.39. The Morgan fingerprint density at radius 3 is 2.16 bits per heavy atom. The molecule has 0 amide bonds. The lowest BCUT2D eigenvalue weighted by Gasteiger charge is -2.10. The fourth-order valence-electron chi connectivity index (χ4n) is 2.99. The quantitative estimate of drug-likeness (QED) is 0.181. The molecule has 0 spiro atoms. The number of ketones is 1. The molecule has 0 radical (unpaired) electrons. The number of para-hydroxylation sites is 1. The van der Waals surface area contributed by atoms with Crippen molar-refractivity contribution in [1.29, 1.82) is 0 Å². The van der Waals surface area contributed by atoms with Crippen LogP contribution in [0.5, 0.6) is 5.75 Å². The standard InChI is InChI=1S/C24H19N3O3S/c1-17(28)18-12-14-21(15-13-18)30-22(29)16-31-24-26-25-23(19-8-4-2-5-9-19)27(24)20-10-6-3-7-11-20/h2-15H,16H2,1H3. The Balaban J connectivity index is 1.52. The number of carbonyl (C=O) groups is 2. The summed E-state index contributed by atoms with van der Waals surface area (Å²) in [7, 11) is 0. The minimum atomic E-state index is -0.413. The first kappa shape index (κ1) is 20.6. The molecule has 154 valence electrons. The maximum Gasteiger partial charge on any atom is 0.321 e. The van der Waals surface area contributed by atoms with Crippen molar-refractivity contribution in [3.63, 3.8) is 0 Å². The van der Waals surface area contributed by atoms with Gasteiger partial charge in [-0.1, -0.05) is 60.3 Å². The van der Waals surface area contributed by atoms with Gasteiger partial charge in [-0.2, -0.15) is 0 Å². The van der Waals surface area contributed by atoms with Crippen molar-refractivity contribution in [1.82, 2.24) is 14.8 Å². The minimum Gasteiger partial charge on any atom is -0.426 e. The lowest BCUT2D eigenvalue weighted by Crippen LogP contribution is -2.11. The molecule has 0 aliphatic carbocycles. The molecule has 0 fully saturated rings. The molecule has 0 N–H and O–H groups in total. The second-order valence-electron chi connectivity index (χ2n) is 6.69. The molecule has 0 aliphatic rings. The first-order chi connectivity index (χ1) is 15.1. The van der Waals surface area contributed by atoms with Crippen molar-refractivity contribution in [3.05, 3.63) is 90.5 Å². The Bertz CT molecular complexity index is 1190. The molecule has 1 heterocycles. The summed E-state index contributed by atoms with van der Waals surface area (Å²) in [5.74, 6) is 0.703. The Kier molecular flexibility index (Phi) is 6.24. The lowest BCUT2D eigenvalue weighted by atomic mass is 10.1. The zero-order valence-corrected chi connectivity index (χ0v) is 17.6. The molecule has 0 atom stereocenters. The van der Waals surface area contributed by atoms with E-state index in [1.807, 2.05) is 65.2 Å². The van der Waals surface area contributed by atoms with Gasteiger partial charge in [0, 0.05) is 16.8 Å². The summed E-state index contributed by atoms with van der Waals surface area (Å²) in [6.45, 7) is 1.49. The van der Waals surface area contributed by atoms with Crippen molar-refractivity contribution in [2.75, 3.05) is 5.75 Å². The van der Waals surface area contributed by atoms with Gasteiger partial charge in [-0.3, -0.25) is 14.2 Å². The van der Waals surface area contributed by atoms with E-state index in [1.54, 1.807) is 24.3 Å². The molecular formula is C24H19N3O3S. The number of nitrogens with zero attached hydrogens (tertiary/aromatic N) is 3. The molecule has 1 aromatic heterocycles. The molecule has 31 heavy (non-hydrogen) atoms. The summed E-state index contributed by atoms with van der Waals surface area (Å²) >= 11 is 1.25. The van der Waals surface area contributed by atoms with Gasteiger partial charge >= 0.3 is 5.97 Å². The van der Waals surface area contributed by atoms with Crippen LogP contribution >= 0.6 is 11.8 Å². The average Bonchev–Trinajstić information content (AvgIpc) is 3.23. The van der Waals surface area contributed by atoms with Gasteiger partial charge in [0.2, 0.25) is 0 Å². The highest BCUT2D eigenvalue weighted by atomic mass is 32.2. The topological polar surface area (TPSA) is 74.1 Å². The summed E-state index contributed by atoms with van der Waals surface area (Å²) in [4.78, 5) is 23.7. The van der Waals surface area contributed by atoms with Crippen LogP contribution in [-0.4, -0.2) is 32.3 Å². The predicted molar refractivity (Wildman–Crippen MR) is 120 cm³/mol. The van der Waals surface area contributed by atoms with E-state index in [0.29, 0.717) is 22.3 Å².